The Morgan fingerprint density at radius 1 is 1.00 bits per heavy atom. The van der Waals surface area contributed by atoms with Gasteiger partial charge >= 0.3 is 0 Å². The van der Waals surface area contributed by atoms with Crippen LogP contribution in [0.2, 0.25) is 0 Å². The average molecular weight is 277 g/mol. The van der Waals surface area contributed by atoms with E-state index in [1.54, 1.807) is 6.07 Å². The van der Waals surface area contributed by atoms with Crippen LogP contribution < -0.4 is 4.74 Å². The van der Waals surface area contributed by atoms with E-state index < -0.39 is 5.82 Å². The Hall–Kier alpha value is -2.86. The van der Waals surface area contributed by atoms with Gasteiger partial charge in [-0.15, -0.1) is 0 Å². The van der Waals surface area contributed by atoms with Crippen molar-refractivity contribution in [3.05, 3.63) is 77.6 Å². The van der Waals surface area contributed by atoms with Crippen LogP contribution in [0.25, 0.3) is 10.8 Å². The monoisotopic (exact) mass is 277 g/mol. The van der Waals surface area contributed by atoms with Crippen molar-refractivity contribution in [2.24, 2.45) is 0 Å². The second-order valence-electron chi connectivity index (χ2n) is 4.73. The lowest BCUT2D eigenvalue weighted by Crippen LogP contribution is -1.97. The molecule has 0 aliphatic carbocycles. The first-order valence-electron chi connectivity index (χ1n) is 6.56. The number of hydrogen-bond acceptors (Lipinski definition) is 2. The van der Waals surface area contributed by atoms with Crippen LogP contribution >= 0.6 is 0 Å². The number of halogens is 1. The average Bonchev–Trinajstić information content (AvgIpc) is 2.52. The Morgan fingerprint density at radius 2 is 1.81 bits per heavy atom. The summed E-state index contributed by atoms with van der Waals surface area (Å²) in [5, 5.41) is 11.0. The van der Waals surface area contributed by atoms with Gasteiger partial charge in [-0.1, -0.05) is 36.4 Å². The van der Waals surface area contributed by atoms with Crippen LogP contribution in [0.15, 0.2) is 60.7 Å². The van der Waals surface area contributed by atoms with Gasteiger partial charge in [0.25, 0.3) is 0 Å². The van der Waals surface area contributed by atoms with E-state index in [1.165, 1.54) is 12.1 Å². The fourth-order valence-electron chi connectivity index (χ4n) is 2.28. The van der Waals surface area contributed by atoms with Crippen molar-refractivity contribution in [1.29, 1.82) is 5.26 Å². The van der Waals surface area contributed by atoms with E-state index in [4.69, 9.17) is 10.00 Å². The van der Waals surface area contributed by atoms with Gasteiger partial charge in [-0.3, -0.25) is 0 Å². The topological polar surface area (TPSA) is 33.0 Å². The molecule has 0 unspecified atom stereocenters. The van der Waals surface area contributed by atoms with Crippen molar-refractivity contribution in [3.63, 3.8) is 0 Å². The van der Waals surface area contributed by atoms with E-state index in [0.717, 1.165) is 16.5 Å². The quantitative estimate of drug-likeness (QED) is 0.709. The molecule has 3 aromatic rings. The van der Waals surface area contributed by atoms with Crippen molar-refractivity contribution in [2.45, 2.75) is 6.61 Å². The van der Waals surface area contributed by atoms with Crippen molar-refractivity contribution in [2.75, 3.05) is 0 Å². The van der Waals surface area contributed by atoms with E-state index in [1.807, 2.05) is 48.5 Å². The number of nitriles is 1. The van der Waals surface area contributed by atoms with Crippen LogP contribution in [0, 0.1) is 17.1 Å². The smallest absolute Gasteiger partial charge is 0.127 e. The fraction of sp³-hybridized carbons (Fsp3) is 0.0556. The van der Waals surface area contributed by atoms with Crippen LogP contribution in [0.1, 0.15) is 11.1 Å². The maximum Gasteiger partial charge on any atom is 0.127 e. The van der Waals surface area contributed by atoms with Gasteiger partial charge in [0.05, 0.1) is 11.6 Å². The third-order valence-corrected chi connectivity index (χ3v) is 3.23. The summed E-state index contributed by atoms with van der Waals surface area (Å²) in [4.78, 5) is 0. The zero-order chi connectivity index (χ0) is 14.7. The largest absolute Gasteiger partial charge is 0.488 e. The second-order valence-corrected chi connectivity index (χ2v) is 4.73. The highest BCUT2D eigenvalue weighted by Crippen LogP contribution is 2.26. The molecule has 0 aromatic heterocycles. The molecular formula is C18H12FNO. The van der Waals surface area contributed by atoms with Crippen molar-refractivity contribution < 1.29 is 9.13 Å². The Bertz CT molecular complexity index is 831. The lowest BCUT2D eigenvalue weighted by atomic mass is 10.1. The molecule has 0 spiro atoms. The van der Waals surface area contributed by atoms with Gasteiger partial charge in [-0.2, -0.15) is 5.26 Å². The lowest BCUT2D eigenvalue weighted by Gasteiger charge is -2.09. The van der Waals surface area contributed by atoms with Crippen molar-refractivity contribution >= 4 is 10.8 Å². The Labute approximate surface area is 122 Å². The predicted octanol–water partition coefficient (Wildman–Crippen LogP) is 4.43. The molecule has 2 nitrogen and oxygen atoms in total. The zero-order valence-electron chi connectivity index (χ0n) is 11.2. The summed E-state index contributed by atoms with van der Waals surface area (Å²) in [6.07, 6.45) is 0. The Kier molecular flexibility index (Phi) is 3.53. The second kappa shape index (κ2) is 5.64. The molecule has 0 saturated heterocycles. The molecule has 0 radical (unpaired) electrons. The minimum atomic E-state index is -0.425. The fourth-order valence-corrected chi connectivity index (χ4v) is 2.28. The Balaban J connectivity index is 1.87. The summed E-state index contributed by atoms with van der Waals surface area (Å²) in [5.74, 6) is 0.321. The van der Waals surface area contributed by atoms with E-state index in [2.05, 4.69) is 0 Å². The van der Waals surface area contributed by atoms with Crippen LogP contribution in [0.4, 0.5) is 4.39 Å². The summed E-state index contributed by atoms with van der Waals surface area (Å²) in [5.41, 5.74) is 0.936. The van der Waals surface area contributed by atoms with Gasteiger partial charge in [0.15, 0.2) is 0 Å². The molecule has 3 rings (SSSR count). The standard InChI is InChI=1S/C18H12FNO/c19-16-9-13(11-20)8-14(10-16)12-21-18-7-3-5-15-4-1-2-6-17(15)18/h1-10H,12H2. The first-order chi connectivity index (χ1) is 10.3. The van der Waals surface area contributed by atoms with E-state index in [-0.39, 0.29) is 6.61 Å². The van der Waals surface area contributed by atoms with Gasteiger partial charge in [-0.25, -0.2) is 4.39 Å². The molecule has 0 N–H and O–H groups in total. The third-order valence-electron chi connectivity index (χ3n) is 3.23. The number of rotatable bonds is 3. The molecule has 0 fully saturated rings. The molecule has 0 atom stereocenters. The third kappa shape index (κ3) is 2.85. The molecule has 0 heterocycles. The highest BCUT2D eigenvalue weighted by Gasteiger charge is 2.04. The Morgan fingerprint density at radius 3 is 2.67 bits per heavy atom. The number of fused-ring (bicyclic) bond motifs is 1. The first kappa shape index (κ1) is 13.1. The first-order valence-corrected chi connectivity index (χ1v) is 6.56. The van der Waals surface area contributed by atoms with Gasteiger partial charge < -0.3 is 4.74 Å². The van der Waals surface area contributed by atoms with Gasteiger partial charge in [0.2, 0.25) is 0 Å². The van der Waals surface area contributed by atoms with Gasteiger partial charge in [0.1, 0.15) is 18.2 Å². The summed E-state index contributed by atoms with van der Waals surface area (Å²) < 4.78 is 19.2. The van der Waals surface area contributed by atoms with Crippen molar-refractivity contribution in [1.82, 2.24) is 0 Å². The summed E-state index contributed by atoms with van der Waals surface area (Å²) in [6.45, 7) is 0.223. The maximum atomic E-state index is 13.4. The van der Waals surface area contributed by atoms with Gasteiger partial charge in [0, 0.05) is 5.39 Å². The molecule has 0 aliphatic rings. The SMILES string of the molecule is N#Cc1cc(F)cc(COc2cccc3ccccc23)c1. The lowest BCUT2D eigenvalue weighted by molar-refractivity contribution is 0.309. The molecule has 21 heavy (non-hydrogen) atoms. The van der Waals surface area contributed by atoms with Crippen LogP contribution in [0.3, 0.4) is 0 Å². The minimum Gasteiger partial charge on any atom is -0.488 e. The number of nitrogens with zero attached hydrogens (tertiary/aromatic N) is 1. The van der Waals surface area contributed by atoms with Crippen LogP contribution in [-0.2, 0) is 6.61 Å². The van der Waals surface area contributed by atoms with Crippen LogP contribution in [-0.4, -0.2) is 0 Å². The molecule has 0 bridgehead atoms. The molecular weight excluding hydrogens is 265 g/mol. The maximum absolute atomic E-state index is 13.4. The summed E-state index contributed by atoms with van der Waals surface area (Å²) >= 11 is 0. The highest BCUT2D eigenvalue weighted by molar-refractivity contribution is 5.88. The zero-order valence-corrected chi connectivity index (χ0v) is 11.2. The minimum absolute atomic E-state index is 0.223. The molecule has 0 amide bonds. The normalized spacial score (nSPS) is 10.3. The number of hydrogen-bond donors (Lipinski definition) is 0. The molecule has 102 valence electrons. The predicted molar refractivity (Wildman–Crippen MR) is 79.4 cm³/mol. The van der Waals surface area contributed by atoms with E-state index >= 15 is 0 Å². The van der Waals surface area contributed by atoms with Gasteiger partial charge in [-0.05, 0) is 35.2 Å². The van der Waals surface area contributed by atoms with Crippen LogP contribution in [0.5, 0.6) is 5.75 Å². The van der Waals surface area contributed by atoms with Crippen molar-refractivity contribution in [3.8, 4) is 11.8 Å². The summed E-state index contributed by atoms with van der Waals surface area (Å²) in [6, 6.07) is 19.9. The number of ether oxygens (including phenoxy) is 1. The molecule has 0 saturated carbocycles. The van der Waals surface area contributed by atoms with E-state index in [9.17, 15) is 4.39 Å². The molecule has 0 aliphatic heterocycles. The molecule has 3 aromatic carbocycles. The summed E-state index contributed by atoms with van der Waals surface area (Å²) in [7, 11) is 0. The van der Waals surface area contributed by atoms with E-state index in [0.29, 0.717) is 11.1 Å². The highest BCUT2D eigenvalue weighted by atomic mass is 19.1. The number of benzene rings is 3. The molecule has 3 heteroatoms.